The van der Waals surface area contributed by atoms with E-state index in [0.717, 1.165) is 21.5 Å². The molecule has 0 radical (unpaired) electrons. The van der Waals surface area contributed by atoms with Crippen LogP contribution in [0.5, 0.6) is 11.5 Å². The van der Waals surface area contributed by atoms with Crippen LogP contribution in [0, 0.1) is 0 Å². The van der Waals surface area contributed by atoms with Gasteiger partial charge in [0.25, 0.3) is 0 Å². The number of rotatable bonds is 2. The molecule has 0 saturated carbocycles. The molecule has 16 heavy (non-hydrogen) atoms. The number of halogens is 1. The van der Waals surface area contributed by atoms with Gasteiger partial charge in [0.1, 0.15) is 0 Å². The van der Waals surface area contributed by atoms with Crippen LogP contribution in [0.15, 0.2) is 16.6 Å². The molecule has 88 valence electrons. The van der Waals surface area contributed by atoms with Crippen molar-refractivity contribution in [1.29, 1.82) is 0 Å². The zero-order valence-corrected chi connectivity index (χ0v) is 11.3. The summed E-state index contributed by atoms with van der Waals surface area (Å²) in [4.78, 5) is 0. The van der Waals surface area contributed by atoms with Crippen LogP contribution in [0.2, 0.25) is 0 Å². The third kappa shape index (κ3) is 2.04. The van der Waals surface area contributed by atoms with Crippen molar-refractivity contribution >= 4 is 15.9 Å². The van der Waals surface area contributed by atoms with Gasteiger partial charge in [-0.25, -0.2) is 0 Å². The zero-order valence-electron chi connectivity index (χ0n) is 9.71. The van der Waals surface area contributed by atoms with Crippen LogP contribution >= 0.6 is 15.9 Å². The fourth-order valence-corrected chi connectivity index (χ4v) is 2.48. The summed E-state index contributed by atoms with van der Waals surface area (Å²) < 4.78 is 12.4. The summed E-state index contributed by atoms with van der Waals surface area (Å²) in [5, 5.41) is 0. The summed E-state index contributed by atoms with van der Waals surface area (Å²) in [7, 11) is 0. The molecule has 0 bridgehead atoms. The molecule has 1 aliphatic rings. The maximum Gasteiger partial charge on any atom is 0.246 e. The Kier molecular flexibility index (Phi) is 2.88. The minimum atomic E-state index is -0.577. The molecular formula is C12H16BrNO2. The number of hydrogen-bond acceptors (Lipinski definition) is 3. The van der Waals surface area contributed by atoms with E-state index in [4.69, 9.17) is 15.2 Å². The predicted molar refractivity (Wildman–Crippen MR) is 66.9 cm³/mol. The number of fused-ring (bicyclic) bond motifs is 1. The average molecular weight is 286 g/mol. The molecule has 3 nitrogen and oxygen atoms in total. The van der Waals surface area contributed by atoms with Crippen LogP contribution in [0.25, 0.3) is 0 Å². The fourth-order valence-electron chi connectivity index (χ4n) is 1.77. The van der Waals surface area contributed by atoms with Gasteiger partial charge in [0.15, 0.2) is 11.5 Å². The van der Waals surface area contributed by atoms with E-state index in [1.54, 1.807) is 0 Å². The monoisotopic (exact) mass is 285 g/mol. The smallest absolute Gasteiger partial charge is 0.246 e. The van der Waals surface area contributed by atoms with Gasteiger partial charge in [-0.05, 0) is 30.2 Å². The lowest BCUT2D eigenvalue weighted by atomic mass is 10.0. The molecule has 1 atom stereocenters. The van der Waals surface area contributed by atoms with Crippen molar-refractivity contribution in [2.24, 2.45) is 5.73 Å². The Morgan fingerprint density at radius 1 is 1.31 bits per heavy atom. The van der Waals surface area contributed by atoms with Gasteiger partial charge in [-0.1, -0.05) is 22.9 Å². The van der Waals surface area contributed by atoms with Crippen LogP contribution < -0.4 is 15.2 Å². The average Bonchev–Trinajstić information content (AvgIpc) is 2.48. The number of nitrogens with two attached hydrogens (primary N) is 1. The lowest BCUT2D eigenvalue weighted by molar-refractivity contribution is -0.0431. The molecule has 1 aromatic carbocycles. The molecule has 1 aliphatic heterocycles. The summed E-state index contributed by atoms with van der Waals surface area (Å²) in [6.45, 7) is 6.49. The molecule has 0 aliphatic carbocycles. The number of ether oxygens (including phenoxy) is 2. The second kappa shape index (κ2) is 3.93. The van der Waals surface area contributed by atoms with Crippen LogP contribution in [-0.4, -0.2) is 12.3 Å². The van der Waals surface area contributed by atoms with Gasteiger partial charge in [-0.2, -0.15) is 0 Å². The molecule has 0 aromatic heterocycles. The van der Waals surface area contributed by atoms with E-state index >= 15 is 0 Å². The second-order valence-electron chi connectivity index (χ2n) is 4.56. The quantitative estimate of drug-likeness (QED) is 0.909. The SMILES string of the molecule is CC(CN)c1cc2c(cc1Br)OC(C)(C)O2. The normalized spacial score (nSPS) is 18.6. The topological polar surface area (TPSA) is 44.5 Å². The van der Waals surface area contributed by atoms with Gasteiger partial charge in [-0.3, -0.25) is 0 Å². The Hall–Kier alpha value is -0.740. The number of benzene rings is 1. The van der Waals surface area contributed by atoms with Gasteiger partial charge in [0, 0.05) is 18.3 Å². The molecule has 0 amide bonds. The first-order chi connectivity index (χ1) is 7.43. The highest BCUT2D eigenvalue weighted by molar-refractivity contribution is 9.10. The minimum Gasteiger partial charge on any atom is -0.449 e. The molecule has 1 heterocycles. The molecule has 0 fully saturated rings. The van der Waals surface area contributed by atoms with Crippen molar-refractivity contribution in [1.82, 2.24) is 0 Å². The van der Waals surface area contributed by atoms with Gasteiger partial charge in [0.2, 0.25) is 5.79 Å². The standard InChI is InChI=1S/C12H16BrNO2/c1-7(6-14)8-4-10-11(5-9(8)13)16-12(2,3)15-10/h4-5,7H,6,14H2,1-3H3. The highest BCUT2D eigenvalue weighted by Crippen LogP contribution is 2.43. The van der Waals surface area contributed by atoms with E-state index in [9.17, 15) is 0 Å². The minimum absolute atomic E-state index is 0.298. The van der Waals surface area contributed by atoms with E-state index < -0.39 is 5.79 Å². The van der Waals surface area contributed by atoms with E-state index in [-0.39, 0.29) is 0 Å². The Bertz CT molecular complexity index is 418. The highest BCUT2D eigenvalue weighted by Gasteiger charge is 2.32. The van der Waals surface area contributed by atoms with Crippen LogP contribution in [0.1, 0.15) is 32.3 Å². The van der Waals surface area contributed by atoms with Crippen molar-refractivity contribution in [2.45, 2.75) is 32.5 Å². The lowest BCUT2D eigenvalue weighted by Crippen LogP contribution is -2.29. The lowest BCUT2D eigenvalue weighted by Gasteiger charge is -2.16. The first-order valence-corrected chi connectivity index (χ1v) is 6.14. The first kappa shape index (κ1) is 11.7. The van der Waals surface area contributed by atoms with Gasteiger partial charge >= 0.3 is 0 Å². The second-order valence-corrected chi connectivity index (χ2v) is 5.42. The summed E-state index contributed by atoms with van der Waals surface area (Å²) in [6.07, 6.45) is 0. The Labute approximate surface area is 104 Å². The van der Waals surface area contributed by atoms with Crippen molar-refractivity contribution in [3.8, 4) is 11.5 Å². The van der Waals surface area contributed by atoms with Gasteiger partial charge in [0.05, 0.1) is 0 Å². The van der Waals surface area contributed by atoms with Crippen molar-refractivity contribution in [3.05, 3.63) is 22.2 Å². The molecule has 2 rings (SSSR count). The van der Waals surface area contributed by atoms with Crippen LogP contribution in [0.3, 0.4) is 0 Å². The molecule has 2 N–H and O–H groups in total. The molecule has 1 unspecified atom stereocenters. The Morgan fingerprint density at radius 3 is 2.44 bits per heavy atom. The first-order valence-electron chi connectivity index (χ1n) is 5.34. The van der Waals surface area contributed by atoms with E-state index in [2.05, 4.69) is 22.9 Å². The molecule has 0 saturated heterocycles. The summed E-state index contributed by atoms with van der Waals surface area (Å²) >= 11 is 3.54. The van der Waals surface area contributed by atoms with Crippen molar-refractivity contribution in [2.75, 3.05) is 6.54 Å². The van der Waals surface area contributed by atoms with Crippen molar-refractivity contribution in [3.63, 3.8) is 0 Å². The largest absolute Gasteiger partial charge is 0.449 e. The third-order valence-electron chi connectivity index (χ3n) is 2.66. The molecular weight excluding hydrogens is 270 g/mol. The van der Waals surface area contributed by atoms with Gasteiger partial charge in [-0.15, -0.1) is 0 Å². The summed E-state index contributed by atoms with van der Waals surface area (Å²) in [6, 6.07) is 3.96. The number of hydrogen-bond donors (Lipinski definition) is 1. The zero-order chi connectivity index (χ0) is 11.9. The molecule has 1 aromatic rings. The van der Waals surface area contributed by atoms with Gasteiger partial charge < -0.3 is 15.2 Å². The van der Waals surface area contributed by atoms with Crippen molar-refractivity contribution < 1.29 is 9.47 Å². The fraction of sp³-hybridized carbons (Fsp3) is 0.500. The Balaban J connectivity index is 2.41. The highest BCUT2D eigenvalue weighted by atomic mass is 79.9. The predicted octanol–water partition coefficient (Wildman–Crippen LogP) is 3.02. The van der Waals surface area contributed by atoms with Crippen LogP contribution in [-0.2, 0) is 0 Å². The maximum atomic E-state index is 5.70. The van der Waals surface area contributed by atoms with E-state index in [1.165, 1.54) is 0 Å². The maximum absolute atomic E-state index is 5.70. The molecule has 0 spiro atoms. The van der Waals surface area contributed by atoms with E-state index in [0.29, 0.717) is 12.5 Å². The van der Waals surface area contributed by atoms with Crippen LogP contribution in [0.4, 0.5) is 0 Å². The van der Waals surface area contributed by atoms with E-state index in [1.807, 2.05) is 26.0 Å². The Morgan fingerprint density at radius 2 is 1.88 bits per heavy atom. The summed E-state index contributed by atoms with van der Waals surface area (Å²) in [5.74, 6) is 1.30. The third-order valence-corrected chi connectivity index (χ3v) is 3.35. The summed E-state index contributed by atoms with van der Waals surface area (Å²) in [5.41, 5.74) is 6.83. The molecule has 4 heteroatoms.